The first-order chi connectivity index (χ1) is 10.9. The first-order valence-electron chi connectivity index (χ1n) is 7.31. The summed E-state index contributed by atoms with van der Waals surface area (Å²) in [6, 6.07) is 11.1. The van der Waals surface area contributed by atoms with Gasteiger partial charge in [-0.2, -0.15) is 4.31 Å². The van der Waals surface area contributed by atoms with Crippen molar-refractivity contribution < 1.29 is 17.6 Å². The van der Waals surface area contributed by atoms with Gasteiger partial charge in [0.05, 0.1) is 25.6 Å². The molecule has 3 rings (SSSR count). The highest BCUT2D eigenvalue weighted by atomic mass is 32.2. The van der Waals surface area contributed by atoms with Gasteiger partial charge >= 0.3 is 0 Å². The van der Waals surface area contributed by atoms with E-state index in [9.17, 15) is 13.2 Å². The highest BCUT2D eigenvalue weighted by molar-refractivity contribution is 7.88. The van der Waals surface area contributed by atoms with E-state index in [0.29, 0.717) is 12.3 Å². The van der Waals surface area contributed by atoms with Gasteiger partial charge in [-0.3, -0.25) is 4.79 Å². The summed E-state index contributed by atoms with van der Waals surface area (Å²) < 4.78 is 30.3. The Morgan fingerprint density at radius 3 is 2.74 bits per heavy atom. The Kier molecular flexibility index (Phi) is 4.23. The molecule has 7 heteroatoms. The number of para-hydroxylation sites is 1. The Balaban J connectivity index is 1.77. The maximum atomic E-state index is 12.6. The average Bonchev–Trinajstić information content (AvgIpc) is 3.14. The Labute approximate surface area is 135 Å². The van der Waals surface area contributed by atoms with Crippen LogP contribution >= 0.6 is 0 Å². The van der Waals surface area contributed by atoms with Crippen molar-refractivity contribution in [2.75, 3.05) is 24.2 Å². The normalized spacial score (nSPS) is 14.3. The highest BCUT2D eigenvalue weighted by Crippen LogP contribution is 2.27. The minimum atomic E-state index is -3.52. The molecule has 0 saturated carbocycles. The molecule has 1 aromatic heterocycles. The number of fused-ring (bicyclic) bond motifs is 1. The van der Waals surface area contributed by atoms with Crippen molar-refractivity contribution >= 4 is 21.6 Å². The Hall–Kier alpha value is -2.12. The van der Waals surface area contributed by atoms with Crippen LogP contribution in [0.15, 0.2) is 47.1 Å². The molecule has 0 atom stereocenters. The van der Waals surface area contributed by atoms with Crippen LogP contribution in [0.4, 0.5) is 5.69 Å². The molecule has 0 fully saturated rings. The van der Waals surface area contributed by atoms with Crippen molar-refractivity contribution in [3.05, 3.63) is 54.0 Å². The Morgan fingerprint density at radius 2 is 2.04 bits per heavy atom. The van der Waals surface area contributed by atoms with Crippen molar-refractivity contribution in [2.45, 2.75) is 13.0 Å². The fraction of sp³-hybridized carbons (Fsp3) is 0.312. The number of carbonyl (C=O) groups is 1. The maximum absolute atomic E-state index is 12.6. The van der Waals surface area contributed by atoms with E-state index < -0.39 is 10.0 Å². The molecule has 0 spiro atoms. The Bertz CT molecular complexity index is 799. The second-order valence-electron chi connectivity index (χ2n) is 5.53. The molecule has 122 valence electrons. The molecule has 0 bridgehead atoms. The van der Waals surface area contributed by atoms with E-state index in [-0.39, 0.29) is 19.0 Å². The van der Waals surface area contributed by atoms with Gasteiger partial charge in [0.15, 0.2) is 0 Å². The lowest BCUT2D eigenvalue weighted by Crippen LogP contribution is -2.41. The third-order valence-corrected chi connectivity index (χ3v) is 5.08. The Morgan fingerprint density at radius 1 is 1.26 bits per heavy atom. The second-order valence-corrected chi connectivity index (χ2v) is 7.52. The van der Waals surface area contributed by atoms with Gasteiger partial charge < -0.3 is 9.32 Å². The van der Waals surface area contributed by atoms with Crippen molar-refractivity contribution in [2.24, 2.45) is 0 Å². The minimum Gasteiger partial charge on any atom is -0.468 e. The molecule has 6 nitrogen and oxygen atoms in total. The van der Waals surface area contributed by atoms with Crippen LogP contribution in [0.3, 0.4) is 0 Å². The van der Waals surface area contributed by atoms with Crippen LogP contribution < -0.4 is 4.90 Å². The fourth-order valence-electron chi connectivity index (χ4n) is 2.70. The first kappa shape index (κ1) is 15.8. The quantitative estimate of drug-likeness (QED) is 0.833. The van der Waals surface area contributed by atoms with Gasteiger partial charge in [-0.25, -0.2) is 8.42 Å². The topological polar surface area (TPSA) is 70.8 Å². The van der Waals surface area contributed by atoms with Gasteiger partial charge in [0, 0.05) is 12.2 Å². The fourth-order valence-corrected chi connectivity index (χ4v) is 3.41. The molecule has 0 aliphatic carbocycles. The standard InChI is InChI=1S/C16H18N2O4S/c1-23(20,21)17(11-14-6-4-10-22-14)12-16(19)18-9-8-13-5-2-3-7-15(13)18/h2-7,10H,8-9,11-12H2,1H3. The van der Waals surface area contributed by atoms with Crippen molar-refractivity contribution in [3.63, 3.8) is 0 Å². The maximum Gasteiger partial charge on any atom is 0.242 e. The summed E-state index contributed by atoms with van der Waals surface area (Å²) in [6.45, 7) is 0.428. The second kappa shape index (κ2) is 6.17. The zero-order valence-electron chi connectivity index (χ0n) is 12.8. The van der Waals surface area contributed by atoms with E-state index in [4.69, 9.17) is 4.42 Å². The predicted molar refractivity (Wildman–Crippen MR) is 86.5 cm³/mol. The van der Waals surface area contributed by atoms with Crippen molar-refractivity contribution in [3.8, 4) is 0 Å². The van der Waals surface area contributed by atoms with Crippen LogP contribution in [0.1, 0.15) is 11.3 Å². The van der Waals surface area contributed by atoms with E-state index in [0.717, 1.165) is 28.2 Å². The zero-order valence-corrected chi connectivity index (χ0v) is 13.6. The highest BCUT2D eigenvalue weighted by Gasteiger charge is 2.28. The molecule has 0 N–H and O–H groups in total. The van der Waals surface area contributed by atoms with E-state index >= 15 is 0 Å². The van der Waals surface area contributed by atoms with E-state index in [1.165, 1.54) is 6.26 Å². The van der Waals surface area contributed by atoms with E-state index in [1.54, 1.807) is 17.0 Å². The van der Waals surface area contributed by atoms with Crippen LogP contribution in [0, 0.1) is 0 Å². The number of anilines is 1. The lowest BCUT2D eigenvalue weighted by atomic mass is 10.2. The van der Waals surface area contributed by atoms with Crippen LogP contribution in [0.25, 0.3) is 0 Å². The number of furan rings is 1. The lowest BCUT2D eigenvalue weighted by molar-refractivity contribution is -0.118. The van der Waals surface area contributed by atoms with Gasteiger partial charge in [-0.1, -0.05) is 18.2 Å². The molecule has 2 heterocycles. The number of hydrogen-bond acceptors (Lipinski definition) is 4. The lowest BCUT2D eigenvalue weighted by Gasteiger charge is -2.23. The summed E-state index contributed by atoms with van der Waals surface area (Å²) in [5, 5.41) is 0. The molecule has 1 aliphatic heterocycles. The van der Waals surface area contributed by atoms with E-state index in [2.05, 4.69) is 0 Å². The van der Waals surface area contributed by atoms with Crippen LogP contribution in [0.2, 0.25) is 0 Å². The molecule has 2 aromatic rings. The van der Waals surface area contributed by atoms with Gasteiger partial charge in [0.1, 0.15) is 5.76 Å². The van der Waals surface area contributed by atoms with E-state index in [1.807, 2.05) is 24.3 Å². The monoisotopic (exact) mass is 334 g/mol. The van der Waals surface area contributed by atoms with Gasteiger partial charge in [-0.05, 0) is 30.2 Å². The molecule has 1 aromatic carbocycles. The number of rotatable bonds is 5. The average molecular weight is 334 g/mol. The smallest absolute Gasteiger partial charge is 0.242 e. The first-order valence-corrected chi connectivity index (χ1v) is 9.16. The summed E-state index contributed by atoms with van der Waals surface area (Å²) >= 11 is 0. The summed E-state index contributed by atoms with van der Waals surface area (Å²) in [5.74, 6) is 0.275. The number of hydrogen-bond donors (Lipinski definition) is 0. The third-order valence-electron chi connectivity index (χ3n) is 3.88. The molecule has 0 saturated heterocycles. The molecule has 1 aliphatic rings. The summed E-state index contributed by atoms with van der Waals surface area (Å²) in [7, 11) is -3.52. The zero-order chi connectivity index (χ0) is 16.4. The van der Waals surface area contributed by atoms with Gasteiger partial charge in [-0.15, -0.1) is 0 Å². The summed E-state index contributed by atoms with van der Waals surface area (Å²) in [5.41, 5.74) is 1.97. The van der Waals surface area contributed by atoms with Crippen LogP contribution in [-0.2, 0) is 27.8 Å². The number of benzene rings is 1. The SMILES string of the molecule is CS(=O)(=O)N(CC(=O)N1CCc2ccccc21)Cc1ccco1. The van der Waals surface area contributed by atoms with Crippen molar-refractivity contribution in [1.29, 1.82) is 0 Å². The molecular formula is C16H18N2O4S. The number of nitrogens with zero attached hydrogens (tertiary/aromatic N) is 2. The van der Waals surface area contributed by atoms with Crippen LogP contribution in [-0.4, -0.2) is 38.0 Å². The molecule has 23 heavy (non-hydrogen) atoms. The third kappa shape index (κ3) is 3.46. The van der Waals surface area contributed by atoms with Crippen LogP contribution in [0.5, 0.6) is 0 Å². The molecule has 1 amide bonds. The number of carbonyl (C=O) groups excluding carboxylic acids is 1. The molecular weight excluding hydrogens is 316 g/mol. The van der Waals surface area contributed by atoms with Gasteiger partial charge in [0.25, 0.3) is 0 Å². The minimum absolute atomic E-state index is 0.0487. The largest absolute Gasteiger partial charge is 0.468 e. The predicted octanol–water partition coefficient (Wildman–Crippen LogP) is 1.63. The summed E-state index contributed by atoms with van der Waals surface area (Å²) in [4.78, 5) is 14.2. The molecule has 0 radical (unpaired) electrons. The molecule has 0 unspecified atom stereocenters. The number of amides is 1. The van der Waals surface area contributed by atoms with Crippen molar-refractivity contribution in [1.82, 2.24) is 4.31 Å². The number of sulfonamides is 1. The van der Waals surface area contributed by atoms with Gasteiger partial charge in [0.2, 0.25) is 15.9 Å². The summed E-state index contributed by atoms with van der Waals surface area (Å²) in [6.07, 6.45) is 3.37.